The van der Waals surface area contributed by atoms with E-state index in [4.69, 9.17) is 11.5 Å². The molecule has 0 bridgehead atoms. The van der Waals surface area contributed by atoms with E-state index in [1.165, 1.54) is 0 Å². The number of para-hydroxylation sites is 1. The van der Waals surface area contributed by atoms with Gasteiger partial charge in [-0.05, 0) is 18.6 Å². The largest absolute Gasteiger partial charge is 0.481 e. The molecule has 20 heavy (non-hydrogen) atoms. The van der Waals surface area contributed by atoms with E-state index in [0.29, 0.717) is 0 Å². The molecule has 1 amide bonds. The maximum absolute atomic E-state index is 11.7. The van der Waals surface area contributed by atoms with E-state index in [9.17, 15) is 9.59 Å². The summed E-state index contributed by atoms with van der Waals surface area (Å²) in [5.41, 5.74) is 1.84. The van der Waals surface area contributed by atoms with Gasteiger partial charge < -0.3 is 15.3 Å². The van der Waals surface area contributed by atoms with E-state index in [-0.39, 0.29) is 32.0 Å². The number of carbonyl (C=O) groups is 2. The van der Waals surface area contributed by atoms with Crippen LogP contribution in [0, 0.1) is 19.3 Å². The monoisotopic (exact) mass is 274 g/mol. The summed E-state index contributed by atoms with van der Waals surface area (Å²) in [5.74, 6) is 1.21. The van der Waals surface area contributed by atoms with Crippen molar-refractivity contribution in [1.82, 2.24) is 5.32 Å². The molecule has 0 heterocycles. The van der Waals surface area contributed by atoms with Crippen LogP contribution < -0.4 is 10.2 Å². The van der Waals surface area contributed by atoms with Crippen LogP contribution >= 0.6 is 0 Å². The Kier molecular flexibility index (Phi) is 6.11. The first-order chi connectivity index (χ1) is 9.54. The van der Waals surface area contributed by atoms with E-state index >= 15 is 0 Å². The van der Waals surface area contributed by atoms with Crippen molar-refractivity contribution in [2.75, 3.05) is 24.5 Å². The number of rotatable bonds is 7. The lowest BCUT2D eigenvalue weighted by molar-refractivity contribution is -0.136. The van der Waals surface area contributed by atoms with Gasteiger partial charge in [-0.15, -0.1) is 6.42 Å². The smallest absolute Gasteiger partial charge is 0.305 e. The molecule has 0 atom stereocenters. The van der Waals surface area contributed by atoms with Crippen molar-refractivity contribution in [2.45, 2.75) is 13.3 Å². The van der Waals surface area contributed by atoms with Crippen molar-refractivity contribution in [1.29, 1.82) is 0 Å². The van der Waals surface area contributed by atoms with Crippen LogP contribution in [-0.2, 0) is 9.59 Å². The van der Waals surface area contributed by atoms with Crippen LogP contribution in [0.4, 0.5) is 5.69 Å². The van der Waals surface area contributed by atoms with Gasteiger partial charge in [-0.1, -0.05) is 24.1 Å². The normalized spacial score (nSPS) is 9.60. The highest BCUT2D eigenvalue weighted by atomic mass is 16.4. The Morgan fingerprint density at radius 3 is 2.70 bits per heavy atom. The summed E-state index contributed by atoms with van der Waals surface area (Å²) in [6, 6.07) is 7.54. The molecule has 0 saturated carbocycles. The van der Waals surface area contributed by atoms with Gasteiger partial charge in [0, 0.05) is 12.2 Å². The highest BCUT2D eigenvalue weighted by Crippen LogP contribution is 2.19. The average molecular weight is 274 g/mol. The first kappa shape index (κ1) is 15.6. The zero-order chi connectivity index (χ0) is 15.0. The summed E-state index contributed by atoms with van der Waals surface area (Å²) < 4.78 is 0. The molecule has 2 N–H and O–H groups in total. The fourth-order valence-corrected chi connectivity index (χ4v) is 1.81. The van der Waals surface area contributed by atoms with Gasteiger partial charge in [0.2, 0.25) is 5.91 Å². The van der Waals surface area contributed by atoms with Crippen LogP contribution in [0.5, 0.6) is 0 Å². The molecule has 1 rings (SSSR count). The Labute approximate surface area is 118 Å². The predicted molar refractivity (Wildman–Crippen MR) is 77.5 cm³/mol. The van der Waals surface area contributed by atoms with E-state index in [0.717, 1.165) is 11.3 Å². The quantitative estimate of drug-likeness (QED) is 0.729. The summed E-state index contributed by atoms with van der Waals surface area (Å²) in [4.78, 5) is 24.2. The third-order valence-electron chi connectivity index (χ3n) is 2.77. The number of nitrogens with zero attached hydrogens (tertiary/aromatic N) is 1. The highest BCUT2D eigenvalue weighted by Gasteiger charge is 2.14. The molecule has 0 aromatic heterocycles. The van der Waals surface area contributed by atoms with E-state index in [1.807, 2.05) is 31.2 Å². The molecule has 0 aliphatic carbocycles. The maximum atomic E-state index is 11.7. The summed E-state index contributed by atoms with van der Waals surface area (Å²) in [7, 11) is 0. The lowest BCUT2D eigenvalue weighted by Gasteiger charge is -2.25. The number of anilines is 1. The Morgan fingerprint density at radius 1 is 1.40 bits per heavy atom. The first-order valence-electron chi connectivity index (χ1n) is 6.27. The molecule has 1 aromatic carbocycles. The van der Waals surface area contributed by atoms with E-state index < -0.39 is 5.97 Å². The van der Waals surface area contributed by atoms with Crippen LogP contribution in [0.1, 0.15) is 12.0 Å². The molecule has 1 aromatic rings. The lowest BCUT2D eigenvalue weighted by atomic mass is 10.1. The number of carbonyl (C=O) groups excluding carboxylic acids is 1. The molecular weight excluding hydrogens is 256 g/mol. The van der Waals surface area contributed by atoms with Crippen LogP contribution in [-0.4, -0.2) is 36.6 Å². The molecule has 5 heteroatoms. The summed E-state index contributed by atoms with van der Waals surface area (Å²) in [6.07, 6.45) is 5.05. The number of hydrogen-bond donors (Lipinski definition) is 2. The van der Waals surface area contributed by atoms with Gasteiger partial charge >= 0.3 is 5.97 Å². The van der Waals surface area contributed by atoms with Gasteiger partial charge in [-0.3, -0.25) is 9.59 Å². The zero-order valence-corrected chi connectivity index (χ0v) is 11.4. The van der Waals surface area contributed by atoms with Crippen LogP contribution in [0.3, 0.4) is 0 Å². The second-order valence-electron chi connectivity index (χ2n) is 4.33. The molecule has 0 radical (unpaired) electrons. The molecule has 5 nitrogen and oxygen atoms in total. The van der Waals surface area contributed by atoms with Crippen LogP contribution in [0.25, 0.3) is 0 Å². The van der Waals surface area contributed by atoms with Crippen molar-refractivity contribution < 1.29 is 14.7 Å². The number of aliphatic carboxylic acids is 1. The second-order valence-corrected chi connectivity index (χ2v) is 4.33. The Balaban J connectivity index is 2.80. The SMILES string of the molecule is C#CCNC(=O)CN(CCC(=O)O)c1ccccc1C. The molecule has 0 aliphatic heterocycles. The van der Waals surface area contributed by atoms with Gasteiger partial charge in [-0.25, -0.2) is 0 Å². The number of terminal acetylenes is 1. The third kappa shape index (κ3) is 5.02. The van der Waals surface area contributed by atoms with Gasteiger partial charge in [0.05, 0.1) is 19.5 Å². The molecule has 0 aliphatic rings. The fourth-order valence-electron chi connectivity index (χ4n) is 1.81. The van der Waals surface area contributed by atoms with Crippen molar-refractivity contribution in [3.8, 4) is 12.3 Å². The number of amides is 1. The Morgan fingerprint density at radius 2 is 2.10 bits per heavy atom. The molecule has 0 saturated heterocycles. The fraction of sp³-hybridized carbons (Fsp3) is 0.333. The topological polar surface area (TPSA) is 69.6 Å². The maximum Gasteiger partial charge on any atom is 0.305 e. The number of nitrogens with one attached hydrogen (secondary N) is 1. The first-order valence-corrected chi connectivity index (χ1v) is 6.27. The molecule has 0 unspecified atom stereocenters. The zero-order valence-electron chi connectivity index (χ0n) is 11.4. The van der Waals surface area contributed by atoms with Crippen LogP contribution in [0.2, 0.25) is 0 Å². The van der Waals surface area contributed by atoms with Crippen molar-refractivity contribution in [3.05, 3.63) is 29.8 Å². The van der Waals surface area contributed by atoms with Crippen molar-refractivity contribution in [2.24, 2.45) is 0 Å². The van der Waals surface area contributed by atoms with Gasteiger partial charge in [0.15, 0.2) is 0 Å². The number of hydrogen-bond acceptors (Lipinski definition) is 3. The number of benzene rings is 1. The predicted octanol–water partition coefficient (Wildman–Crippen LogP) is 1.03. The molecule has 106 valence electrons. The number of aryl methyl sites for hydroxylation is 1. The Bertz CT molecular complexity index is 520. The average Bonchev–Trinajstić information content (AvgIpc) is 2.41. The van der Waals surface area contributed by atoms with Crippen molar-refractivity contribution in [3.63, 3.8) is 0 Å². The minimum Gasteiger partial charge on any atom is -0.481 e. The standard InChI is InChI=1S/C15H18N2O3/c1-3-9-16-14(18)11-17(10-8-15(19)20)13-7-5-4-6-12(13)2/h1,4-7H,8-11H2,2H3,(H,16,18)(H,19,20). The van der Waals surface area contributed by atoms with E-state index in [1.54, 1.807) is 4.90 Å². The Hall–Kier alpha value is -2.48. The van der Waals surface area contributed by atoms with Gasteiger partial charge in [-0.2, -0.15) is 0 Å². The molecule has 0 spiro atoms. The molecule has 0 fully saturated rings. The third-order valence-corrected chi connectivity index (χ3v) is 2.77. The summed E-state index contributed by atoms with van der Waals surface area (Å²) in [6.45, 7) is 2.44. The number of carboxylic acids is 1. The minimum absolute atomic E-state index is 0.0310. The number of carboxylic acid groups (broad SMARTS) is 1. The summed E-state index contributed by atoms with van der Waals surface area (Å²) in [5, 5.41) is 11.4. The van der Waals surface area contributed by atoms with Crippen LogP contribution in [0.15, 0.2) is 24.3 Å². The highest BCUT2D eigenvalue weighted by molar-refractivity contribution is 5.82. The second kappa shape index (κ2) is 7.85. The summed E-state index contributed by atoms with van der Waals surface area (Å²) >= 11 is 0. The van der Waals surface area contributed by atoms with Gasteiger partial charge in [0.1, 0.15) is 0 Å². The van der Waals surface area contributed by atoms with Crippen molar-refractivity contribution >= 4 is 17.6 Å². The van der Waals surface area contributed by atoms with Gasteiger partial charge in [0.25, 0.3) is 0 Å². The molecular formula is C15H18N2O3. The van der Waals surface area contributed by atoms with E-state index in [2.05, 4.69) is 11.2 Å². The minimum atomic E-state index is -0.896. The lowest BCUT2D eigenvalue weighted by Crippen LogP contribution is -2.38.